The molecule has 1 saturated carbocycles. The van der Waals surface area contributed by atoms with Gasteiger partial charge in [0.05, 0.1) is 11.8 Å². The van der Waals surface area contributed by atoms with Crippen molar-refractivity contribution >= 4 is 5.96 Å². The molecule has 116 valence electrons. The van der Waals surface area contributed by atoms with Gasteiger partial charge < -0.3 is 15.3 Å². The Balaban J connectivity index is 1.56. The lowest BCUT2D eigenvalue weighted by Crippen LogP contribution is -2.51. The Morgan fingerprint density at radius 1 is 1.57 bits per heavy atom. The summed E-state index contributed by atoms with van der Waals surface area (Å²) in [6.07, 6.45) is 8.10. The van der Waals surface area contributed by atoms with Gasteiger partial charge in [0.25, 0.3) is 0 Å². The fourth-order valence-electron chi connectivity index (χ4n) is 3.21. The molecule has 2 fully saturated rings. The number of hydrogen-bond donors (Lipinski definition) is 2. The van der Waals surface area contributed by atoms with E-state index < -0.39 is 5.60 Å². The summed E-state index contributed by atoms with van der Waals surface area (Å²) in [6, 6.07) is 0. The molecule has 0 bridgehead atoms. The molecule has 1 saturated heterocycles. The average Bonchev–Trinajstić information content (AvgIpc) is 3.06. The minimum Gasteiger partial charge on any atom is -0.388 e. The number of aliphatic imine (C=N–C) groups is 1. The minimum atomic E-state index is -0.515. The monoisotopic (exact) mass is 291 g/mol. The molecule has 1 atom stereocenters. The predicted octanol–water partition coefficient (Wildman–Crippen LogP) is 0.700. The lowest BCUT2D eigenvalue weighted by atomic mass is 9.80. The fraction of sp³-hybridized carbons (Fsp3) is 0.733. The number of hydrogen-bond acceptors (Lipinski definition) is 3. The molecule has 1 aliphatic carbocycles. The molecular weight excluding hydrogens is 266 g/mol. The Morgan fingerprint density at radius 2 is 2.38 bits per heavy atom. The van der Waals surface area contributed by atoms with E-state index in [2.05, 4.69) is 26.5 Å². The summed E-state index contributed by atoms with van der Waals surface area (Å²) in [7, 11) is 3.76. The summed E-state index contributed by atoms with van der Waals surface area (Å²) in [5.41, 5.74) is 0.784. The van der Waals surface area contributed by atoms with Gasteiger partial charge in [0, 0.05) is 45.8 Å². The molecule has 2 N–H and O–H groups in total. The van der Waals surface area contributed by atoms with Crippen LogP contribution in [0.5, 0.6) is 0 Å². The smallest absolute Gasteiger partial charge is 0.193 e. The van der Waals surface area contributed by atoms with Crippen molar-refractivity contribution in [1.29, 1.82) is 0 Å². The van der Waals surface area contributed by atoms with Gasteiger partial charge in [-0.05, 0) is 31.2 Å². The largest absolute Gasteiger partial charge is 0.388 e. The van der Waals surface area contributed by atoms with Gasteiger partial charge >= 0.3 is 0 Å². The molecule has 0 radical (unpaired) electrons. The first-order valence-corrected chi connectivity index (χ1v) is 7.76. The van der Waals surface area contributed by atoms with Crippen molar-refractivity contribution in [1.82, 2.24) is 20.0 Å². The second kappa shape index (κ2) is 5.67. The van der Waals surface area contributed by atoms with Crippen molar-refractivity contribution in [2.75, 3.05) is 26.7 Å². The third-order valence-electron chi connectivity index (χ3n) is 4.76. The van der Waals surface area contributed by atoms with Gasteiger partial charge in [-0.2, -0.15) is 5.10 Å². The summed E-state index contributed by atoms with van der Waals surface area (Å²) in [5.74, 6) is 1.42. The molecule has 3 rings (SSSR count). The third kappa shape index (κ3) is 3.05. The molecule has 1 aromatic rings. The van der Waals surface area contributed by atoms with E-state index in [1.165, 1.54) is 5.56 Å². The number of nitrogens with one attached hydrogen (secondary N) is 1. The summed E-state index contributed by atoms with van der Waals surface area (Å²) >= 11 is 0. The maximum absolute atomic E-state index is 10.2. The number of guanidine groups is 1. The lowest BCUT2D eigenvalue weighted by molar-refractivity contribution is -0.0282. The molecule has 6 heteroatoms. The highest BCUT2D eigenvalue weighted by Gasteiger charge is 2.35. The molecule has 0 amide bonds. The standard InChI is InChI=1S/C15H25N5O/c1-16-14(17-11-15(21)5-3-6-15)20-7-4-12(10-20)13-8-18-19(2)9-13/h8-9,12,21H,3-7,10-11H2,1-2H3,(H,16,17). The van der Waals surface area contributed by atoms with Crippen molar-refractivity contribution in [3.8, 4) is 0 Å². The van der Waals surface area contributed by atoms with E-state index in [4.69, 9.17) is 0 Å². The Kier molecular flexibility index (Phi) is 3.89. The number of likely N-dealkylation sites (tertiary alicyclic amines) is 1. The van der Waals surface area contributed by atoms with E-state index in [-0.39, 0.29) is 0 Å². The zero-order valence-corrected chi connectivity index (χ0v) is 12.9. The van der Waals surface area contributed by atoms with Crippen molar-refractivity contribution in [2.24, 2.45) is 12.0 Å². The van der Waals surface area contributed by atoms with Crippen LogP contribution < -0.4 is 5.32 Å². The fourth-order valence-corrected chi connectivity index (χ4v) is 3.21. The van der Waals surface area contributed by atoms with Gasteiger partial charge in [-0.1, -0.05) is 0 Å². The van der Waals surface area contributed by atoms with E-state index in [0.29, 0.717) is 12.5 Å². The Morgan fingerprint density at radius 3 is 2.95 bits per heavy atom. The van der Waals surface area contributed by atoms with Crippen LogP contribution in [0.15, 0.2) is 17.4 Å². The number of aryl methyl sites for hydroxylation is 1. The first kappa shape index (κ1) is 14.4. The highest BCUT2D eigenvalue weighted by Crippen LogP contribution is 2.31. The van der Waals surface area contributed by atoms with Crippen LogP contribution in [-0.4, -0.2) is 58.0 Å². The van der Waals surface area contributed by atoms with Crippen LogP contribution in [0.4, 0.5) is 0 Å². The third-order valence-corrected chi connectivity index (χ3v) is 4.76. The SMILES string of the molecule is CN=C(NCC1(O)CCC1)N1CCC(c2cnn(C)c2)C1. The van der Waals surface area contributed by atoms with Crippen molar-refractivity contribution in [3.05, 3.63) is 18.0 Å². The number of aliphatic hydroxyl groups is 1. The topological polar surface area (TPSA) is 65.7 Å². The van der Waals surface area contributed by atoms with Crippen molar-refractivity contribution in [3.63, 3.8) is 0 Å². The summed E-state index contributed by atoms with van der Waals surface area (Å²) < 4.78 is 1.86. The molecule has 21 heavy (non-hydrogen) atoms. The Hall–Kier alpha value is -1.56. The molecule has 1 aromatic heterocycles. The van der Waals surface area contributed by atoms with E-state index >= 15 is 0 Å². The number of aromatic nitrogens is 2. The van der Waals surface area contributed by atoms with Crippen LogP contribution in [0.25, 0.3) is 0 Å². The summed E-state index contributed by atoms with van der Waals surface area (Å²) in [4.78, 5) is 6.64. The zero-order valence-electron chi connectivity index (χ0n) is 12.9. The summed E-state index contributed by atoms with van der Waals surface area (Å²) in [5, 5.41) is 17.8. The Labute approximate surface area is 125 Å². The second-order valence-electron chi connectivity index (χ2n) is 6.36. The number of nitrogens with zero attached hydrogens (tertiary/aromatic N) is 4. The van der Waals surface area contributed by atoms with E-state index in [9.17, 15) is 5.11 Å². The van der Waals surface area contributed by atoms with Crippen molar-refractivity contribution in [2.45, 2.75) is 37.2 Å². The van der Waals surface area contributed by atoms with E-state index in [0.717, 1.165) is 44.7 Å². The van der Waals surface area contributed by atoms with Gasteiger partial charge in [-0.3, -0.25) is 9.67 Å². The van der Waals surface area contributed by atoms with Crippen LogP contribution in [0.3, 0.4) is 0 Å². The van der Waals surface area contributed by atoms with E-state index in [1.807, 2.05) is 25.0 Å². The van der Waals surface area contributed by atoms with Gasteiger partial charge in [0.1, 0.15) is 0 Å². The van der Waals surface area contributed by atoms with Crippen molar-refractivity contribution < 1.29 is 5.11 Å². The lowest BCUT2D eigenvalue weighted by Gasteiger charge is -2.37. The van der Waals surface area contributed by atoms with Gasteiger partial charge in [0.15, 0.2) is 5.96 Å². The maximum atomic E-state index is 10.2. The molecule has 1 aliphatic heterocycles. The molecule has 6 nitrogen and oxygen atoms in total. The quantitative estimate of drug-likeness (QED) is 0.635. The normalized spacial score (nSPS) is 25.0. The Bertz CT molecular complexity index is 520. The highest BCUT2D eigenvalue weighted by molar-refractivity contribution is 5.80. The predicted molar refractivity (Wildman–Crippen MR) is 82.3 cm³/mol. The molecule has 1 unspecified atom stereocenters. The molecule has 2 heterocycles. The van der Waals surface area contributed by atoms with Crippen LogP contribution in [0.1, 0.15) is 37.2 Å². The maximum Gasteiger partial charge on any atom is 0.193 e. The van der Waals surface area contributed by atoms with Crippen LogP contribution in [0, 0.1) is 0 Å². The number of rotatable bonds is 3. The molecular formula is C15H25N5O. The highest BCUT2D eigenvalue weighted by atomic mass is 16.3. The first-order valence-electron chi connectivity index (χ1n) is 7.76. The van der Waals surface area contributed by atoms with Gasteiger partial charge in [0.2, 0.25) is 0 Å². The molecule has 0 aromatic carbocycles. The van der Waals surface area contributed by atoms with E-state index in [1.54, 1.807) is 0 Å². The second-order valence-corrected chi connectivity index (χ2v) is 6.36. The van der Waals surface area contributed by atoms with Gasteiger partial charge in [-0.25, -0.2) is 0 Å². The van der Waals surface area contributed by atoms with Crippen LogP contribution in [0.2, 0.25) is 0 Å². The zero-order chi connectivity index (χ0) is 14.9. The first-order chi connectivity index (χ1) is 10.1. The van der Waals surface area contributed by atoms with Gasteiger partial charge in [-0.15, -0.1) is 0 Å². The summed E-state index contributed by atoms with van der Waals surface area (Å²) in [6.45, 7) is 2.56. The molecule has 2 aliphatic rings. The van der Waals surface area contributed by atoms with Crippen LogP contribution >= 0.6 is 0 Å². The van der Waals surface area contributed by atoms with Crippen LogP contribution in [-0.2, 0) is 7.05 Å². The molecule has 0 spiro atoms. The average molecular weight is 291 g/mol. The minimum absolute atomic E-state index is 0.515.